The second-order valence-corrected chi connectivity index (χ2v) is 7.44. The third-order valence-corrected chi connectivity index (χ3v) is 5.32. The molecule has 0 spiro atoms. The van der Waals surface area contributed by atoms with Gasteiger partial charge < -0.3 is 10.1 Å². The van der Waals surface area contributed by atoms with Gasteiger partial charge in [-0.3, -0.25) is 9.36 Å². The van der Waals surface area contributed by atoms with Gasteiger partial charge in [0.15, 0.2) is 5.16 Å². The zero-order chi connectivity index (χ0) is 20.3. The van der Waals surface area contributed by atoms with Crippen molar-refractivity contribution in [3.63, 3.8) is 0 Å². The highest BCUT2D eigenvalue weighted by Gasteiger charge is 2.12. The van der Waals surface area contributed by atoms with E-state index in [1.54, 1.807) is 6.33 Å². The van der Waals surface area contributed by atoms with Crippen LogP contribution in [0.4, 0.5) is 0 Å². The molecule has 0 aliphatic carbocycles. The Morgan fingerprint density at radius 3 is 2.76 bits per heavy atom. The second kappa shape index (κ2) is 11.4. The summed E-state index contributed by atoms with van der Waals surface area (Å²) in [5.74, 6) is 0.286. The van der Waals surface area contributed by atoms with Gasteiger partial charge in [-0.05, 0) is 30.0 Å². The van der Waals surface area contributed by atoms with Crippen molar-refractivity contribution in [2.45, 2.75) is 31.5 Å². The molecular formula is C22H26N4O2S. The largest absolute Gasteiger partial charge is 0.377 e. The molecule has 6 nitrogen and oxygen atoms in total. The number of ether oxygens (including phenoxy) is 1. The van der Waals surface area contributed by atoms with Crippen LogP contribution in [-0.4, -0.2) is 39.6 Å². The van der Waals surface area contributed by atoms with Crippen molar-refractivity contribution in [2.75, 3.05) is 18.9 Å². The minimum atomic E-state index is -0.0172. The fraction of sp³-hybridized carbons (Fsp3) is 0.318. The van der Waals surface area contributed by atoms with Gasteiger partial charge in [0.1, 0.15) is 6.33 Å². The maximum Gasteiger partial charge on any atom is 0.230 e. The molecular weight excluding hydrogens is 384 g/mol. The molecule has 1 aromatic heterocycles. The summed E-state index contributed by atoms with van der Waals surface area (Å²) < 4.78 is 7.57. The molecule has 29 heavy (non-hydrogen) atoms. The van der Waals surface area contributed by atoms with E-state index < -0.39 is 0 Å². The molecule has 3 aromatic rings. The quantitative estimate of drug-likeness (QED) is 0.386. The van der Waals surface area contributed by atoms with Crippen molar-refractivity contribution in [2.24, 2.45) is 0 Å². The summed E-state index contributed by atoms with van der Waals surface area (Å²) in [5, 5.41) is 11.8. The molecule has 0 radical (unpaired) electrons. The Morgan fingerprint density at radius 1 is 1.14 bits per heavy atom. The number of carbonyl (C=O) groups is 1. The standard InChI is InChI=1S/C22H26N4O2S/c1-2-19-11-6-7-12-20(19)26-17-24-25-22(26)29-16-21(27)23-13-8-14-28-15-18-9-4-3-5-10-18/h3-7,9-12,17H,2,8,13-16H2,1H3,(H,23,27). The van der Waals surface area contributed by atoms with Crippen LogP contribution in [-0.2, 0) is 22.6 Å². The van der Waals surface area contributed by atoms with E-state index in [1.165, 1.54) is 17.3 Å². The van der Waals surface area contributed by atoms with Crippen LogP contribution >= 0.6 is 11.8 Å². The summed E-state index contributed by atoms with van der Waals surface area (Å²) in [5.41, 5.74) is 3.43. The van der Waals surface area contributed by atoms with E-state index in [0.717, 1.165) is 24.1 Å². The van der Waals surface area contributed by atoms with Crippen molar-refractivity contribution in [3.8, 4) is 5.69 Å². The molecule has 0 bridgehead atoms. The number of para-hydroxylation sites is 1. The van der Waals surface area contributed by atoms with E-state index in [4.69, 9.17) is 4.74 Å². The average Bonchev–Trinajstić information content (AvgIpc) is 3.24. The van der Waals surface area contributed by atoms with E-state index in [2.05, 4.69) is 28.5 Å². The first-order valence-corrected chi connectivity index (χ1v) is 10.8. The smallest absolute Gasteiger partial charge is 0.230 e. The van der Waals surface area contributed by atoms with E-state index in [-0.39, 0.29) is 5.91 Å². The number of rotatable bonds is 11. The van der Waals surface area contributed by atoms with E-state index in [9.17, 15) is 4.79 Å². The zero-order valence-corrected chi connectivity index (χ0v) is 17.4. The summed E-state index contributed by atoms with van der Waals surface area (Å²) in [4.78, 5) is 12.1. The monoisotopic (exact) mass is 410 g/mol. The van der Waals surface area contributed by atoms with Gasteiger partial charge in [0, 0.05) is 13.2 Å². The maximum absolute atomic E-state index is 12.1. The van der Waals surface area contributed by atoms with Crippen molar-refractivity contribution in [1.82, 2.24) is 20.1 Å². The number of amides is 1. The Labute approximate surface area is 175 Å². The van der Waals surface area contributed by atoms with Crippen LogP contribution in [0.25, 0.3) is 5.69 Å². The average molecular weight is 411 g/mol. The molecule has 152 valence electrons. The molecule has 0 saturated carbocycles. The molecule has 1 N–H and O–H groups in total. The summed E-state index contributed by atoms with van der Waals surface area (Å²) >= 11 is 1.39. The Hall–Kier alpha value is -2.64. The van der Waals surface area contributed by atoms with E-state index >= 15 is 0 Å². The fourth-order valence-corrected chi connectivity index (χ4v) is 3.63. The number of benzene rings is 2. The van der Waals surface area contributed by atoms with Gasteiger partial charge in [-0.15, -0.1) is 10.2 Å². The topological polar surface area (TPSA) is 69.0 Å². The third kappa shape index (κ3) is 6.44. The predicted octanol–water partition coefficient (Wildman–Crippen LogP) is 3.64. The van der Waals surface area contributed by atoms with Crippen LogP contribution in [0.2, 0.25) is 0 Å². The summed E-state index contributed by atoms with van der Waals surface area (Å²) in [6, 6.07) is 18.2. The Balaban J connectivity index is 1.38. The Kier molecular flexibility index (Phi) is 8.27. The number of thioether (sulfide) groups is 1. The van der Waals surface area contributed by atoms with E-state index in [1.807, 2.05) is 53.1 Å². The van der Waals surface area contributed by atoms with Gasteiger partial charge in [0.2, 0.25) is 5.91 Å². The van der Waals surface area contributed by atoms with E-state index in [0.29, 0.717) is 30.7 Å². The van der Waals surface area contributed by atoms with Gasteiger partial charge in [0.25, 0.3) is 0 Å². The van der Waals surface area contributed by atoms with Crippen LogP contribution < -0.4 is 5.32 Å². The number of aromatic nitrogens is 3. The SMILES string of the molecule is CCc1ccccc1-n1cnnc1SCC(=O)NCCCOCc1ccccc1. The lowest BCUT2D eigenvalue weighted by Crippen LogP contribution is -2.27. The summed E-state index contributed by atoms with van der Waals surface area (Å²) in [7, 11) is 0. The normalized spacial score (nSPS) is 10.8. The lowest BCUT2D eigenvalue weighted by molar-refractivity contribution is -0.118. The molecule has 3 rings (SSSR count). The van der Waals surface area contributed by atoms with Gasteiger partial charge in [-0.25, -0.2) is 0 Å². The second-order valence-electron chi connectivity index (χ2n) is 6.50. The van der Waals surface area contributed by atoms with Gasteiger partial charge >= 0.3 is 0 Å². The molecule has 1 heterocycles. The number of hydrogen-bond acceptors (Lipinski definition) is 5. The highest BCUT2D eigenvalue weighted by atomic mass is 32.2. The summed E-state index contributed by atoms with van der Waals surface area (Å²) in [6.45, 7) is 3.93. The number of aryl methyl sites for hydroxylation is 1. The molecule has 0 aliphatic heterocycles. The predicted molar refractivity (Wildman–Crippen MR) is 115 cm³/mol. The van der Waals surface area contributed by atoms with Gasteiger partial charge in [-0.2, -0.15) is 0 Å². The molecule has 0 atom stereocenters. The summed E-state index contributed by atoms with van der Waals surface area (Å²) in [6.07, 6.45) is 3.40. The molecule has 0 saturated heterocycles. The molecule has 0 unspecified atom stereocenters. The van der Waals surface area contributed by atoms with Gasteiger partial charge in [-0.1, -0.05) is 67.2 Å². The Morgan fingerprint density at radius 2 is 1.93 bits per heavy atom. The van der Waals surface area contributed by atoms with Crippen molar-refractivity contribution >= 4 is 17.7 Å². The minimum absolute atomic E-state index is 0.0172. The lowest BCUT2D eigenvalue weighted by atomic mass is 10.1. The first kappa shape index (κ1) is 21.1. The maximum atomic E-state index is 12.1. The van der Waals surface area contributed by atoms with Crippen LogP contribution in [0, 0.1) is 0 Å². The molecule has 0 fully saturated rings. The van der Waals surface area contributed by atoms with Crippen molar-refractivity contribution in [3.05, 3.63) is 72.1 Å². The van der Waals surface area contributed by atoms with Crippen LogP contribution in [0.1, 0.15) is 24.5 Å². The minimum Gasteiger partial charge on any atom is -0.377 e. The highest BCUT2D eigenvalue weighted by molar-refractivity contribution is 7.99. The molecule has 7 heteroatoms. The first-order chi connectivity index (χ1) is 14.3. The molecule has 1 amide bonds. The van der Waals surface area contributed by atoms with Gasteiger partial charge in [0.05, 0.1) is 18.0 Å². The third-order valence-electron chi connectivity index (χ3n) is 4.38. The first-order valence-electron chi connectivity index (χ1n) is 9.77. The molecule has 2 aromatic carbocycles. The number of nitrogens with one attached hydrogen (secondary N) is 1. The zero-order valence-electron chi connectivity index (χ0n) is 16.6. The van der Waals surface area contributed by atoms with Crippen LogP contribution in [0.15, 0.2) is 66.1 Å². The molecule has 0 aliphatic rings. The Bertz CT molecular complexity index is 899. The fourth-order valence-electron chi connectivity index (χ4n) is 2.88. The number of carbonyl (C=O) groups excluding carboxylic acids is 1. The number of nitrogens with zero attached hydrogens (tertiary/aromatic N) is 3. The van der Waals surface area contributed by atoms with Crippen molar-refractivity contribution < 1.29 is 9.53 Å². The lowest BCUT2D eigenvalue weighted by Gasteiger charge is -2.10. The highest BCUT2D eigenvalue weighted by Crippen LogP contribution is 2.22. The number of hydrogen-bond donors (Lipinski definition) is 1. The van der Waals surface area contributed by atoms with Crippen LogP contribution in [0.3, 0.4) is 0 Å². The van der Waals surface area contributed by atoms with Crippen molar-refractivity contribution in [1.29, 1.82) is 0 Å². The van der Waals surface area contributed by atoms with Crippen LogP contribution in [0.5, 0.6) is 0 Å².